The van der Waals surface area contributed by atoms with Crippen LogP contribution in [0.5, 0.6) is 0 Å². The van der Waals surface area contributed by atoms with Gasteiger partial charge in [0, 0.05) is 26.2 Å². The predicted molar refractivity (Wildman–Crippen MR) is 83.6 cm³/mol. The molecule has 4 nitrogen and oxygen atoms in total. The molecule has 1 atom stereocenters. The Hall–Kier alpha value is -1.03. The second kappa shape index (κ2) is 8.97. The van der Waals surface area contributed by atoms with E-state index in [4.69, 9.17) is 0 Å². The Morgan fingerprint density at radius 1 is 1.32 bits per heavy atom. The molecule has 1 aliphatic carbocycles. The molecular weight excluding hydrogens is 236 g/mol. The van der Waals surface area contributed by atoms with Crippen LogP contribution in [0.2, 0.25) is 0 Å². The van der Waals surface area contributed by atoms with E-state index in [1.807, 2.05) is 13.1 Å². The van der Waals surface area contributed by atoms with Crippen LogP contribution in [-0.4, -0.2) is 51.1 Å². The summed E-state index contributed by atoms with van der Waals surface area (Å²) >= 11 is 0. The summed E-state index contributed by atoms with van der Waals surface area (Å²) in [5.41, 5.74) is 0. The third kappa shape index (κ3) is 5.64. The third-order valence-electron chi connectivity index (χ3n) is 3.97. The van der Waals surface area contributed by atoms with Gasteiger partial charge in [-0.1, -0.05) is 25.3 Å². The molecular formula is C15H30N4. The molecule has 110 valence electrons. The molecule has 0 aromatic rings. The van der Waals surface area contributed by atoms with E-state index in [1.54, 1.807) is 0 Å². The first-order valence-corrected chi connectivity index (χ1v) is 7.41. The van der Waals surface area contributed by atoms with E-state index in [0.29, 0.717) is 6.04 Å². The SMILES string of the molecule is C=CCNC(=NC)NCC(C1CCCCC1)N(C)C. The van der Waals surface area contributed by atoms with Crippen molar-refractivity contribution in [3.8, 4) is 0 Å². The van der Waals surface area contributed by atoms with Crippen molar-refractivity contribution >= 4 is 5.96 Å². The highest BCUT2D eigenvalue weighted by atomic mass is 15.2. The topological polar surface area (TPSA) is 39.7 Å². The van der Waals surface area contributed by atoms with E-state index < -0.39 is 0 Å². The minimum absolute atomic E-state index is 0.586. The quantitative estimate of drug-likeness (QED) is 0.438. The number of guanidine groups is 1. The van der Waals surface area contributed by atoms with Gasteiger partial charge in [0.05, 0.1) is 0 Å². The van der Waals surface area contributed by atoms with Crippen molar-refractivity contribution in [3.63, 3.8) is 0 Å². The van der Waals surface area contributed by atoms with Gasteiger partial charge in [-0.15, -0.1) is 6.58 Å². The average Bonchev–Trinajstić information content (AvgIpc) is 2.43. The number of hydrogen-bond donors (Lipinski definition) is 2. The molecule has 4 heteroatoms. The minimum atomic E-state index is 0.586. The van der Waals surface area contributed by atoms with Gasteiger partial charge in [0.25, 0.3) is 0 Å². The highest BCUT2D eigenvalue weighted by Crippen LogP contribution is 2.27. The Labute approximate surface area is 118 Å². The largest absolute Gasteiger partial charge is 0.355 e. The second-order valence-corrected chi connectivity index (χ2v) is 5.55. The monoisotopic (exact) mass is 266 g/mol. The molecule has 0 bridgehead atoms. The van der Waals surface area contributed by atoms with Gasteiger partial charge in [-0.25, -0.2) is 0 Å². The fourth-order valence-corrected chi connectivity index (χ4v) is 2.88. The third-order valence-corrected chi connectivity index (χ3v) is 3.97. The summed E-state index contributed by atoms with van der Waals surface area (Å²) in [6.07, 6.45) is 8.76. The second-order valence-electron chi connectivity index (χ2n) is 5.55. The molecule has 1 fully saturated rings. The highest BCUT2D eigenvalue weighted by molar-refractivity contribution is 5.79. The van der Waals surface area contributed by atoms with Gasteiger partial charge < -0.3 is 15.5 Å². The van der Waals surface area contributed by atoms with E-state index in [1.165, 1.54) is 32.1 Å². The lowest BCUT2D eigenvalue weighted by molar-refractivity contribution is 0.171. The Kier molecular flexibility index (Phi) is 7.56. The molecule has 0 aliphatic heterocycles. The van der Waals surface area contributed by atoms with Gasteiger partial charge in [-0.05, 0) is 32.9 Å². The number of rotatable bonds is 6. The number of nitrogens with one attached hydrogen (secondary N) is 2. The summed E-state index contributed by atoms with van der Waals surface area (Å²) in [5.74, 6) is 1.68. The molecule has 1 rings (SSSR count). The molecule has 0 heterocycles. The van der Waals surface area contributed by atoms with E-state index in [0.717, 1.165) is 25.0 Å². The molecule has 1 saturated carbocycles. The van der Waals surface area contributed by atoms with Crippen molar-refractivity contribution in [2.75, 3.05) is 34.2 Å². The van der Waals surface area contributed by atoms with Gasteiger partial charge in [0.1, 0.15) is 0 Å². The fourth-order valence-electron chi connectivity index (χ4n) is 2.88. The van der Waals surface area contributed by atoms with Crippen LogP contribution in [-0.2, 0) is 0 Å². The van der Waals surface area contributed by atoms with Crippen molar-refractivity contribution in [2.45, 2.75) is 38.1 Å². The van der Waals surface area contributed by atoms with Crippen molar-refractivity contribution < 1.29 is 0 Å². The number of likely N-dealkylation sites (N-methyl/N-ethyl adjacent to an activating group) is 1. The maximum Gasteiger partial charge on any atom is 0.191 e. The lowest BCUT2D eigenvalue weighted by Gasteiger charge is -2.35. The van der Waals surface area contributed by atoms with Crippen LogP contribution < -0.4 is 10.6 Å². The Bertz CT molecular complexity index is 280. The fraction of sp³-hybridized carbons (Fsp3) is 0.800. The molecule has 0 amide bonds. The van der Waals surface area contributed by atoms with Crippen LogP contribution in [0.3, 0.4) is 0 Å². The van der Waals surface area contributed by atoms with Crippen LogP contribution in [0.25, 0.3) is 0 Å². The summed E-state index contributed by atoms with van der Waals surface area (Å²) in [5, 5.41) is 6.65. The van der Waals surface area contributed by atoms with E-state index in [9.17, 15) is 0 Å². The number of hydrogen-bond acceptors (Lipinski definition) is 2. The first kappa shape index (κ1) is 16.0. The number of aliphatic imine (C=N–C) groups is 1. The van der Waals surface area contributed by atoms with Crippen LogP contribution in [0.4, 0.5) is 0 Å². The maximum atomic E-state index is 4.23. The molecule has 1 unspecified atom stereocenters. The zero-order valence-electron chi connectivity index (χ0n) is 12.8. The van der Waals surface area contributed by atoms with Crippen molar-refractivity contribution in [3.05, 3.63) is 12.7 Å². The first-order chi connectivity index (χ1) is 9.19. The van der Waals surface area contributed by atoms with Gasteiger partial charge in [0.15, 0.2) is 5.96 Å². The molecule has 0 aromatic heterocycles. The average molecular weight is 266 g/mol. The smallest absolute Gasteiger partial charge is 0.191 e. The number of nitrogens with zero attached hydrogens (tertiary/aromatic N) is 2. The zero-order valence-corrected chi connectivity index (χ0v) is 12.8. The highest BCUT2D eigenvalue weighted by Gasteiger charge is 2.25. The molecule has 1 aliphatic rings. The Morgan fingerprint density at radius 3 is 2.53 bits per heavy atom. The zero-order chi connectivity index (χ0) is 14.1. The molecule has 0 saturated heterocycles. The first-order valence-electron chi connectivity index (χ1n) is 7.41. The maximum absolute atomic E-state index is 4.23. The summed E-state index contributed by atoms with van der Waals surface area (Å²) in [6, 6.07) is 0.586. The van der Waals surface area contributed by atoms with Crippen LogP contribution in [0.1, 0.15) is 32.1 Å². The molecule has 0 spiro atoms. The Balaban J connectivity index is 2.46. The van der Waals surface area contributed by atoms with E-state index in [-0.39, 0.29) is 0 Å². The minimum Gasteiger partial charge on any atom is -0.355 e. The van der Waals surface area contributed by atoms with E-state index >= 15 is 0 Å². The van der Waals surface area contributed by atoms with Gasteiger partial charge in [-0.3, -0.25) is 4.99 Å². The Morgan fingerprint density at radius 2 is 2.00 bits per heavy atom. The molecule has 0 radical (unpaired) electrons. The van der Waals surface area contributed by atoms with Gasteiger partial charge in [-0.2, -0.15) is 0 Å². The predicted octanol–water partition coefficient (Wildman–Crippen LogP) is 1.85. The van der Waals surface area contributed by atoms with Gasteiger partial charge >= 0.3 is 0 Å². The van der Waals surface area contributed by atoms with Crippen LogP contribution in [0, 0.1) is 5.92 Å². The van der Waals surface area contributed by atoms with Crippen LogP contribution >= 0.6 is 0 Å². The molecule has 19 heavy (non-hydrogen) atoms. The standard InChI is InChI=1S/C15H30N4/c1-5-11-17-15(16-2)18-12-14(19(3)4)13-9-7-6-8-10-13/h5,13-14H,1,6-12H2,2-4H3,(H2,16,17,18). The van der Waals surface area contributed by atoms with Crippen molar-refractivity contribution in [2.24, 2.45) is 10.9 Å². The normalized spacial score (nSPS) is 19.3. The molecule has 0 aromatic carbocycles. The van der Waals surface area contributed by atoms with Crippen molar-refractivity contribution in [1.82, 2.24) is 15.5 Å². The summed E-state index contributed by atoms with van der Waals surface area (Å²) in [6.45, 7) is 5.41. The lowest BCUT2D eigenvalue weighted by Crippen LogP contribution is -2.48. The molecule has 2 N–H and O–H groups in total. The summed E-state index contributed by atoms with van der Waals surface area (Å²) in [4.78, 5) is 6.58. The summed E-state index contributed by atoms with van der Waals surface area (Å²) in [7, 11) is 6.17. The van der Waals surface area contributed by atoms with E-state index in [2.05, 4.69) is 41.2 Å². The lowest BCUT2D eigenvalue weighted by atomic mass is 9.83. The summed E-state index contributed by atoms with van der Waals surface area (Å²) < 4.78 is 0. The van der Waals surface area contributed by atoms with Crippen molar-refractivity contribution in [1.29, 1.82) is 0 Å². The van der Waals surface area contributed by atoms with Crippen LogP contribution in [0.15, 0.2) is 17.6 Å². The van der Waals surface area contributed by atoms with Gasteiger partial charge in [0.2, 0.25) is 0 Å².